The minimum absolute atomic E-state index is 0.334. The van der Waals surface area contributed by atoms with Crippen molar-refractivity contribution < 1.29 is 9.18 Å². The summed E-state index contributed by atoms with van der Waals surface area (Å²) in [5.41, 5.74) is 2.23. The second-order valence-electron chi connectivity index (χ2n) is 5.00. The summed E-state index contributed by atoms with van der Waals surface area (Å²) in [5.74, 6) is -0.288. The molecule has 6 heteroatoms. The van der Waals surface area contributed by atoms with Crippen molar-refractivity contribution in [3.8, 4) is 11.3 Å². The highest BCUT2D eigenvalue weighted by Crippen LogP contribution is 2.24. The van der Waals surface area contributed by atoms with Crippen molar-refractivity contribution in [2.75, 3.05) is 5.32 Å². The summed E-state index contributed by atoms with van der Waals surface area (Å²) in [6.45, 7) is 0. The average molecular weight is 374 g/mol. The van der Waals surface area contributed by atoms with Crippen LogP contribution in [0.1, 0.15) is 10.4 Å². The van der Waals surface area contributed by atoms with Gasteiger partial charge in [0.25, 0.3) is 5.91 Å². The number of imidazole rings is 1. The molecule has 0 unspecified atom stereocenters. The highest BCUT2D eigenvalue weighted by atomic mass is 79.9. The van der Waals surface area contributed by atoms with Crippen LogP contribution in [0.15, 0.2) is 59.2 Å². The molecule has 0 aliphatic carbocycles. The minimum Gasteiger partial charge on any atom is -0.313 e. The predicted molar refractivity (Wildman–Crippen MR) is 90.7 cm³/mol. The van der Waals surface area contributed by atoms with Crippen molar-refractivity contribution in [3.63, 3.8) is 0 Å². The molecule has 1 amide bonds. The van der Waals surface area contributed by atoms with E-state index in [2.05, 4.69) is 26.2 Å². The van der Waals surface area contributed by atoms with Crippen LogP contribution in [0, 0.1) is 5.82 Å². The van der Waals surface area contributed by atoms with Crippen molar-refractivity contribution >= 4 is 27.8 Å². The molecule has 1 aromatic heterocycles. The van der Waals surface area contributed by atoms with E-state index in [1.165, 1.54) is 24.3 Å². The van der Waals surface area contributed by atoms with Gasteiger partial charge in [0, 0.05) is 22.6 Å². The van der Waals surface area contributed by atoms with Crippen molar-refractivity contribution in [1.29, 1.82) is 0 Å². The molecule has 0 fully saturated rings. The Labute approximate surface area is 141 Å². The molecule has 0 aliphatic heterocycles. The standard InChI is InChI=1S/C17H13BrFN3O/c1-22-15(12-3-2-4-13(18)9-12)10-20-17(22)21-16(23)11-5-7-14(19)8-6-11/h2-10H,1H3,(H,20,21,23). The van der Waals surface area contributed by atoms with Crippen molar-refractivity contribution in [3.05, 3.63) is 70.6 Å². The zero-order valence-electron chi connectivity index (χ0n) is 12.3. The molecule has 0 radical (unpaired) electrons. The van der Waals surface area contributed by atoms with Crippen LogP contribution in [0.2, 0.25) is 0 Å². The number of hydrogen-bond donors (Lipinski definition) is 1. The third kappa shape index (κ3) is 3.32. The molecule has 3 aromatic rings. The fourth-order valence-corrected chi connectivity index (χ4v) is 2.62. The van der Waals surface area contributed by atoms with Crippen molar-refractivity contribution in [2.24, 2.45) is 7.05 Å². The minimum atomic E-state index is -0.379. The molecule has 4 nitrogen and oxygen atoms in total. The van der Waals surface area contributed by atoms with Gasteiger partial charge in [0.2, 0.25) is 5.95 Å². The van der Waals surface area contributed by atoms with Gasteiger partial charge in [-0.2, -0.15) is 0 Å². The Morgan fingerprint density at radius 2 is 1.96 bits per heavy atom. The fourth-order valence-electron chi connectivity index (χ4n) is 2.22. The first-order chi connectivity index (χ1) is 11.0. The molecule has 0 bridgehead atoms. The van der Waals surface area contributed by atoms with Gasteiger partial charge < -0.3 is 4.57 Å². The monoisotopic (exact) mass is 373 g/mol. The normalized spacial score (nSPS) is 10.6. The van der Waals surface area contributed by atoms with E-state index in [-0.39, 0.29) is 11.7 Å². The van der Waals surface area contributed by atoms with Crippen LogP contribution >= 0.6 is 15.9 Å². The van der Waals surface area contributed by atoms with E-state index >= 15 is 0 Å². The summed E-state index contributed by atoms with van der Waals surface area (Å²) in [4.78, 5) is 16.4. The molecule has 23 heavy (non-hydrogen) atoms. The number of aromatic nitrogens is 2. The first-order valence-electron chi connectivity index (χ1n) is 6.89. The molecule has 0 aliphatic rings. The number of rotatable bonds is 3. The SMILES string of the molecule is Cn1c(-c2cccc(Br)c2)cnc1NC(=O)c1ccc(F)cc1. The quantitative estimate of drug-likeness (QED) is 0.746. The van der Waals surface area contributed by atoms with Gasteiger partial charge >= 0.3 is 0 Å². The van der Waals surface area contributed by atoms with E-state index in [9.17, 15) is 9.18 Å². The fraction of sp³-hybridized carbons (Fsp3) is 0.0588. The number of carbonyl (C=O) groups excluding carboxylic acids is 1. The van der Waals surface area contributed by atoms with Crippen molar-refractivity contribution in [2.45, 2.75) is 0 Å². The lowest BCUT2D eigenvalue weighted by Crippen LogP contribution is -2.15. The number of amides is 1. The van der Waals surface area contributed by atoms with E-state index < -0.39 is 0 Å². The smallest absolute Gasteiger partial charge is 0.257 e. The molecule has 0 saturated carbocycles. The van der Waals surface area contributed by atoms with Gasteiger partial charge in [-0.15, -0.1) is 0 Å². The summed E-state index contributed by atoms with van der Waals surface area (Å²) in [7, 11) is 1.82. The summed E-state index contributed by atoms with van der Waals surface area (Å²) >= 11 is 3.44. The Morgan fingerprint density at radius 3 is 2.65 bits per heavy atom. The van der Waals surface area contributed by atoms with Gasteiger partial charge in [-0.3, -0.25) is 10.1 Å². The molecule has 0 saturated heterocycles. The summed E-state index contributed by atoms with van der Waals surface area (Å²) < 4.78 is 15.7. The third-order valence-electron chi connectivity index (χ3n) is 3.44. The number of nitrogens with one attached hydrogen (secondary N) is 1. The zero-order chi connectivity index (χ0) is 16.4. The van der Waals surface area contributed by atoms with Gasteiger partial charge in [0.15, 0.2) is 0 Å². The highest BCUT2D eigenvalue weighted by Gasteiger charge is 2.13. The summed E-state index contributed by atoms with van der Waals surface area (Å²) in [6.07, 6.45) is 1.70. The lowest BCUT2D eigenvalue weighted by Gasteiger charge is -2.08. The molecule has 1 N–H and O–H groups in total. The first kappa shape index (κ1) is 15.4. The van der Waals surface area contributed by atoms with Crippen LogP contribution in [-0.4, -0.2) is 15.5 Å². The van der Waals surface area contributed by atoms with Crippen LogP contribution in [0.3, 0.4) is 0 Å². The molecule has 1 heterocycles. The second-order valence-corrected chi connectivity index (χ2v) is 5.91. The number of hydrogen-bond acceptors (Lipinski definition) is 2. The zero-order valence-corrected chi connectivity index (χ0v) is 13.8. The second kappa shape index (κ2) is 6.34. The van der Waals surface area contributed by atoms with Gasteiger partial charge in [-0.1, -0.05) is 28.1 Å². The summed E-state index contributed by atoms with van der Waals surface area (Å²) in [5, 5.41) is 2.73. The van der Waals surface area contributed by atoms with E-state index in [1.54, 1.807) is 10.8 Å². The number of carbonyl (C=O) groups is 1. The summed E-state index contributed by atoms with van der Waals surface area (Å²) in [6, 6.07) is 13.2. The Kier molecular flexibility index (Phi) is 4.25. The molecule has 0 spiro atoms. The molecule has 3 rings (SSSR count). The Hall–Kier alpha value is -2.47. The van der Waals surface area contributed by atoms with Gasteiger partial charge in [-0.05, 0) is 36.4 Å². The largest absolute Gasteiger partial charge is 0.313 e. The molecular weight excluding hydrogens is 361 g/mol. The van der Waals surface area contributed by atoms with E-state index in [1.807, 2.05) is 31.3 Å². The number of halogens is 2. The Bertz CT molecular complexity index is 859. The number of anilines is 1. The van der Waals surface area contributed by atoms with Gasteiger partial charge in [0.05, 0.1) is 11.9 Å². The molecule has 2 aromatic carbocycles. The van der Waals surface area contributed by atoms with Crippen LogP contribution in [-0.2, 0) is 7.05 Å². The maximum Gasteiger partial charge on any atom is 0.257 e. The third-order valence-corrected chi connectivity index (χ3v) is 3.93. The van der Waals surface area contributed by atoms with Crippen LogP contribution in [0.5, 0.6) is 0 Å². The van der Waals surface area contributed by atoms with Crippen LogP contribution in [0.4, 0.5) is 10.3 Å². The molecule has 0 atom stereocenters. The van der Waals surface area contributed by atoms with E-state index in [0.717, 1.165) is 15.7 Å². The van der Waals surface area contributed by atoms with E-state index in [0.29, 0.717) is 11.5 Å². The topological polar surface area (TPSA) is 46.9 Å². The van der Waals surface area contributed by atoms with Gasteiger partial charge in [-0.25, -0.2) is 9.37 Å². The Morgan fingerprint density at radius 1 is 1.22 bits per heavy atom. The highest BCUT2D eigenvalue weighted by molar-refractivity contribution is 9.10. The van der Waals surface area contributed by atoms with E-state index in [4.69, 9.17) is 0 Å². The Balaban J connectivity index is 1.85. The number of benzene rings is 2. The average Bonchev–Trinajstić information content (AvgIpc) is 2.89. The maximum atomic E-state index is 12.9. The number of nitrogens with zero attached hydrogens (tertiary/aromatic N) is 2. The molecular formula is C17H13BrFN3O. The predicted octanol–water partition coefficient (Wildman–Crippen LogP) is 4.24. The maximum absolute atomic E-state index is 12.9. The molecule has 116 valence electrons. The van der Waals surface area contributed by atoms with Crippen LogP contribution in [0.25, 0.3) is 11.3 Å². The van der Waals surface area contributed by atoms with Crippen LogP contribution < -0.4 is 5.32 Å². The van der Waals surface area contributed by atoms with Gasteiger partial charge in [0.1, 0.15) is 5.82 Å². The lowest BCUT2D eigenvalue weighted by molar-refractivity contribution is 0.102. The van der Waals surface area contributed by atoms with Crippen molar-refractivity contribution in [1.82, 2.24) is 9.55 Å². The first-order valence-corrected chi connectivity index (χ1v) is 7.68. The lowest BCUT2D eigenvalue weighted by atomic mass is 10.2.